The highest BCUT2D eigenvalue weighted by Gasteiger charge is 2.22. The van der Waals surface area contributed by atoms with Crippen LogP contribution in [0.3, 0.4) is 0 Å². The Hall–Kier alpha value is -2.47. The van der Waals surface area contributed by atoms with Gasteiger partial charge in [-0.05, 0) is 79.8 Å². The number of aromatic nitrogens is 2. The van der Waals surface area contributed by atoms with Gasteiger partial charge >= 0.3 is 0 Å². The van der Waals surface area contributed by atoms with Crippen molar-refractivity contribution in [3.63, 3.8) is 0 Å². The monoisotopic (exact) mass is 467 g/mol. The fraction of sp³-hybridized carbons (Fsp3) is 0.407. The van der Waals surface area contributed by atoms with E-state index in [4.69, 9.17) is 16.3 Å². The number of carbonyl (C=O) groups excluding carboxylic acids is 1. The number of hydrogen-bond acceptors (Lipinski definition) is 4. The zero-order chi connectivity index (χ0) is 23.8. The number of aldehydes is 1. The standard InChI is InChI=1S/C25H28ClN3O2.C2H6/c1-18-20(13-19-6-8-22(9-7-19)29-11-4-10-27-29)14-21(16-30)24(25(18)26)15-28(2)23-5-3-12-31-17-23;1-2/h4,6-11,14,16,23H,3,5,12-13,15,17H2,1-2H3;1-2H3. The average Bonchev–Trinajstić information content (AvgIpc) is 3.41. The van der Waals surface area contributed by atoms with Crippen molar-refractivity contribution in [3.8, 4) is 5.69 Å². The van der Waals surface area contributed by atoms with Crippen molar-refractivity contribution in [3.05, 3.63) is 81.6 Å². The first-order valence-corrected chi connectivity index (χ1v) is 12.1. The highest BCUT2D eigenvalue weighted by Crippen LogP contribution is 2.30. The van der Waals surface area contributed by atoms with Crippen LogP contribution in [0.15, 0.2) is 48.8 Å². The molecule has 1 fully saturated rings. The maximum atomic E-state index is 11.9. The van der Waals surface area contributed by atoms with Gasteiger partial charge in [0.25, 0.3) is 0 Å². The van der Waals surface area contributed by atoms with Gasteiger partial charge in [-0.15, -0.1) is 0 Å². The van der Waals surface area contributed by atoms with Gasteiger partial charge in [0.05, 0.1) is 12.3 Å². The van der Waals surface area contributed by atoms with E-state index in [9.17, 15) is 4.79 Å². The van der Waals surface area contributed by atoms with Crippen LogP contribution in [0.25, 0.3) is 5.69 Å². The van der Waals surface area contributed by atoms with Gasteiger partial charge in [-0.1, -0.05) is 37.6 Å². The Bertz CT molecular complexity index is 1030. The van der Waals surface area contributed by atoms with E-state index in [1.165, 1.54) is 0 Å². The molecule has 176 valence electrons. The number of rotatable bonds is 7. The summed E-state index contributed by atoms with van der Waals surface area (Å²) in [4.78, 5) is 14.2. The average molecular weight is 468 g/mol. The van der Waals surface area contributed by atoms with E-state index in [1.807, 2.05) is 43.8 Å². The Balaban J connectivity index is 0.00000149. The number of likely N-dealkylation sites (N-methyl/N-ethyl adjacent to an activating group) is 1. The lowest BCUT2D eigenvalue weighted by Crippen LogP contribution is -2.38. The lowest BCUT2D eigenvalue weighted by Gasteiger charge is -2.32. The molecule has 4 rings (SSSR count). The van der Waals surface area contributed by atoms with E-state index in [0.29, 0.717) is 23.2 Å². The second-order valence-corrected chi connectivity index (χ2v) is 8.62. The van der Waals surface area contributed by atoms with Crippen molar-refractivity contribution in [2.45, 2.75) is 52.6 Å². The van der Waals surface area contributed by atoms with E-state index in [0.717, 1.165) is 66.7 Å². The fourth-order valence-corrected chi connectivity index (χ4v) is 4.47. The molecular formula is C27H34ClN3O2. The van der Waals surface area contributed by atoms with Gasteiger partial charge in [-0.25, -0.2) is 4.68 Å². The predicted molar refractivity (Wildman–Crippen MR) is 135 cm³/mol. The van der Waals surface area contributed by atoms with Crippen molar-refractivity contribution in [1.82, 2.24) is 14.7 Å². The molecule has 1 aliphatic heterocycles. The maximum Gasteiger partial charge on any atom is 0.150 e. The van der Waals surface area contributed by atoms with Crippen molar-refractivity contribution < 1.29 is 9.53 Å². The predicted octanol–water partition coefficient (Wildman–Crippen LogP) is 5.87. The van der Waals surface area contributed by atoms with Gasteiger partial charge in [0.2, 0.25) is 0 Å². The quantitative estimate of drug-likeness (QED) is 0.407. The normalized spacial score (nSPS) is 15.8. The number of benzene rings is 2. The summed E-state index contributed by atoms with van der Waals surface area (Å²) in [6.07, 6.45) is 7.51. The molecule has 0 bridgehead atoms. The van der Waals surface area contributed by atoms with E-state index < -0.39 is 0 Å². The number of hydrogen-bond donors (Lipinski definition) is 0. The Morgan fingerprint density at radius 2 is 2.03 bits per heavy atom. The Kier molecular flexibility index (Phi) is 9.24. The molecule has 1 atom stereocenters. The van der Waals surface area contributed by atoms with Crippen LogP contribution in [0, 0.1) is 6.92 Å². The number of halogens is 1. The Labute approximate surface area is 202 Å². The van der Waals surface area contributed by atoms with Crippen molar-refractivity contribution in [2.75, 3.05) is 20.3 Å². The van der Waals surface area contributed by atoms with Crippen LogP contribution in [0.5, 0.6) is 0 Å². The summed E-state index contributed by atoms with van der Waals surface area (Å²) >= 11 is 6.80. The molecular weight excluding hydrogens is 434 g/mol. The Morgan fingerprint density at radius 1 is 1.27 bits per heavy atom. The summed E-state index contributed by atoms with van der Waals surface area (Å²) < 4.78 is 7.45. The van der Waals surface area contributed by atoms with E-state index in [-0.39, 0.29) is 0 Å². The SMILES string of the molecule is CC.Cc1c(Cc2ccc(-n3cccn3)cc2)cc(C=O)c(CN(C)C2CCCOC2)c1Cl. The first kappa shape index (κ1) is 25.2. The molecule has 0 N–H and O–H groups in total. The third-order valence-corrected chi connectivity index (χ3v) is 6.66. The molecule has 1 unspecified atom stereocenters. The topological polar surface area (TPSA) is 47.4 Å². The van der Waals surface area contributed by atoms with Crippen LogP contribution in [0.2, 0.25) is 5.02 Å². The zero-order valence-electron chi connectivity index (χ0n) is 20.1. The van der Waals surface area contributed by atoms with Gasteiger partial charge < -0.3 is 4.74 Å². The zero-order valence-corrected chi connectivity index (χ0v) is 20.8. The van der Waals surface area contributed by atoms with E-state index >= 15 is 0 Å². The molecule has 0 amide bonds. The largest absolute Gasteiger partial charge is 0.380 e. The van der Waals surface area contributed by atoms with E-state index in [2.05, 4.69) is 41.3 Å². The summed E-state index contributed by atoms with van der Waals surface area (Å²) in [6, 6.07) is 12.5. The third kappa shape index (κ3) is 6.11. The molecule has 2 aromatic carbocycles. The minimum atomic E-state index is 0.359. The highest BCUT2D eigenvalue weighted by molar-refractivity contribution is 6.32. The van der Waals surface area contributed by atoms with Crippen LogP contribution < -0.4 is 0 Å². The molecule has 1 saturated heterocycles. The molecule has 5 nitrogen and oxygen atoms in total. The molecule has 0 aliphatic carbocycles. The van der Waals surface area contributed by atoms with E-state index in [1.54, 1.807) is 6.20 Å². The summed E-state index contributed by atoms with van der Waals surface area (Å²) in [5, 5.41) is 4.96. The van der Waals surface area contributed by atoms with Gasteiger partial charge in [0.15, 0.2) is 0 Å². The van der Waals surface area contributed by atoms with Crippen molar-refractivity contribution in [1.29, 1.82) is 0 Å². The van der Waals surface area contributed by atoms with Gasteiger partial charge in [0, 0.05) is 42.2 Å². The molecule has 3 aromatic rings. The first-order chi connectivity index (χ1) is 16.1. The lowest BCUT2D eigenvalue weighted by molar-refractivity contribution is 0.0249. The van der Waals surface area contributed by atoms with Crippen LogP contribution in [0.1, 0.15) is 59.3 Å². The molecule has 1 aromatic heterocycles. The van der Waals surface area contributed by atoms with Crippen molar-refractivity contribution >= 4 is 17.9 Å². The third-order valence-electron chi connectivity index (χ3n) is 6.15. The first-order valence-electron chi connectivity index (χ1n) is 11.7. The number of ether oxygens (including phenoxy) is 1. The molecule has 6 heteroatoms. The summed E-state index contributed by atoms with van der Waals surface area (Å²) in [6.45, 7) is 8.25. The number of carbonyl (C=O) groups is 1. The summed E-state index contributed by atoms with van der Waals surface area (Å²) in [5.41, 5.74) is 5.86. The van der Waals surface area contributed by atoms with Crippen molar-refractivity contribution in [2.24, 2.45) is 0 Å². The Morgan fingerprint density at radius 3 is 2.64 bits per heavy atom. The second kappa shape index (κ2) is 12.1. The van der Waals surface area contributed by atoms with Crippen LogP contribution in [-0.4, -0.2) is 47.3 Å². The molecule has 0 saturated carbocycles. The van der Waals surface area contributed by atoms with Crippen LogP contribution in [-0.2, 0) is 17.7 Å². The minimum Gasteiger partial charge on any atom is -0.380 e. The lowest BCUT2D eigenvalue weighted by atomic mass is 9.94. The molecule has 0 spiro atoms. The summed E-state index contributed by atoms with van der Waals surface area (Å²) in [5.74, 6) is 0. The smallest absolute Gasteiger partial charge is 0.150 e. The van der Waals surface area contributed by atoms with Gasteiger partial charge in [-0.3, -0.25) is 9.69 Å². The molecule has 2 heterocycles. The molecule has 33 heavy (non-hydrogen) atoms. The molecule has 0 radical (unpaired) electrons. The highest BCUT2D eigenvalue weighted by atomic mass is 35.5. The van der Waals surface area contributed by atoms with Gasteiger partial charge in [0.1, 0.15) is 6.29 Å². The minimum absolute atomic E-state index is 0.359. The molecule has 1 aliphatic rings. The summed E-state index contributed by atoms with van der Waals surface area (Å²) in [7, 11) is 2.08. The second-order valence-electron chi connectivity index (χ2n) is 8.24. The van der Waals surface area contributed by atoms with Gasteiger partial charge in [-0.2, -0.15) is 5.10 Å². The fourth-order valence-electron chi connectivity index (χ4n) is 4.18. The van der Waals surface area contributed by atoms with Crippen LogP contribution in [0.4, 0.5) is 0 Å². The van der Waals surface area contributed by atoms with Crippen LogP contribution >= 0.6 is 11.6 Å². The maximum absolute atomic E-state index is 11.9. The number of nitrogens with zero attached hydrogens (tertiary/aromatic N) is 3.